The SMILES string of the molecule is CCN(CC)CCCl.CCN(CC)CCO. The topological polar surface area (TPSA) is 26.7 Å². The van der Waals surface area contributed by atoms with E-state index in [0.717, 1.165) is 45.1 Å². The molecule has 0 aliphatic heterocycles. The molecule has 0 saturated heterocycles. The van der Waals surface area contributed by atoms with Gasteiger partial charge in [0.05, 0.1) is 6.61 Å². The molecule has 0 bridgehead atoms. The lowest BCUT2D eigenvalue weighted by molar-refractivity contribution is 0.208. The van der Waals surface area contributed by atoms with Crippen molar-refractivity contribution in [2.75, 3.05) is 51.8 Å². The molecule has 16 heavy (non-hydrogen) atoms. The predicted octanol–water partition coefficient (Wildman–Crippen LogP) is 1.89. The lowest BCUT2D eigenvalue weighted by Gasteiger charge is -2.15. The number of rotatable bonds is 8. The van der Waals surface area contributed by atoms with Crippen molar-refractivity contribution in [3.05, 3.63) is 0 Å². The average Bonchev–Trinajstić information content (AvgIpc) is 2.33. The van der Waals surface area contributed by atoms with Crippen LogP contribution in [0.25, 0.3) is 0 Å². The fourth-order valence-electron chi connectivity index (χ4n) is 1.34. The molecule has 0 aliphatic rings. The quantitative estimate of drug-likeness (QED) is 0.669. The number of likely N-dealkylation sites (N-methyl/N-ethyl adjacent to an activating group) is 1. The summed E-state index contributed by atoms with van der Waals surface area (Å²) >= 11 is 5.51. The summed E-state index contributed by atoms with van der Waals surface area (Å²) < 4.78 is 0. The van der Waals surface area contributed by atoms with Crippen LogP contribution in [0.2, 0.25) is 0 Å². The Labute approximate surface area is 106 Å². The van der Waals surface area contributed by atoms with Crippen LogP contribution in [0.15, 0.2) is 0 Å². The number of hydrogen-bond acceptors (Lipinski definition) is 3. The van der Waals surface area contributed by atoms with Crippen LogP contribution in [0.4, 0.5) is 0 Å². The zero-order valence-corrected chi connectivity index (χ0v) is 12.1. The van der Waals surface area contributed by atoms with Crippen LogP contribution in [0.5, 0.6) is 0 Å². The second-order valence-electron chi connectivity index (χ2n) is 3.47. The van der Waals surface area contributed by atoms with Crippen LogP contribution >= 0.6 is 11.6 Å². The van der Waals surface area contributed by atoms with Crippen molar-refractivity contribution < 1.29 is 5.11 Å². The molecule has 0 amide bonds. The van der Waals surface area contributed by atoms with E-state index in [4.69, 9.17) is 16.7 Å². The van der Waals surface area contributed by atoms with E-state index in [1.807, 2.05) is 0 Å². The third-order valence-electron chi connectivity index (χ3n) is 2.61. The van der Waals surface area contributed by atoms with Gasteiger partial charge in [-0.05, 0) is 26.2 Å². The van der Waals surface area contributed by atoms with Crippen LogP contribution in [0.3, 0.4) is 0 Å². The van der Waals surface area contributed by atoms with Crippen molar-refractivity contribution in [1.29, 1.82) is 0 Å². The van der Waals surface area contributed by atoms with Crippen molar-refractivity contribution in [1.82, 2.24) is 9.80 Å². The lowest BCUT2D eigenvalue weighted by atomic mass is 10.5. The van der Waals surface area contributed by atoms with E-state index in [1.165, 1.54) is 0 Å². The highest BCUT2D eigenvalue weighted by Gasteiger charge is 1.94. The van der Waals surface area contributed by atoms with Gasteiger partial charge in [-0.25, -0.2) is 0 Å². The number of aliphatic hydroxyl groups is 1. The van der Waals surface area contributed by atoms with E-state index in [-0.39, 0.29) is 6.61 Å². The molecule has 1 N–H and O–H groups in total. The molecule has 0 aromatic carbocycles. The van der Waals surface area contributed by atoms with Crippen molar-refractivity contribution in [2.45, 2.75) is 27.7 Å². The monoisotopic (exact) mass is 252 g/mol. The molecule has 0 saturated carbocycles. The second-order valence-corrected chi connectivity index (χ2v) is 3.84. The Morgan fingerprint density at radius 3 is 1.31 bits per heavy atom. The maximum Gasteiger partial charge on any atom is 0.0558 e. The molecule has 4 heteroatoms. The van der Waals surface area contributed by atoms with Gasteiger partial charge in [0.2, 0.25) is 0 Å². The van der Waals surface area contributed by atoms with E-state index >= 15 is 0 Å². The molecule has 0 fully saturated rings. The van der Waals surface area contributed by atoms with Crippen molar-refractivity contribution in [2.24, 2.45) is 0 Å². The molecule has 0 aromatic rings. The summed E-state index contributed by atoms with van der Waals surface area (Å²) in [6.45, 7) is 14.9. The summed E-state index contributed by atoms with van der Waals surface area (Å²) in [4.78, 5) is 4.48. The molecule has 3 nitrogen and oxygen atoms in total. The van der Waals surface area contributed by atoms with Crippen LogP contribution < -0.4 is 0 Å². The maximum absolute atomic E-state index is 8.46. The minimum Gasteiger partial charge on any atom is -0.395 e. The van der Waals surface area contributed by atoms with Gasteiger partial charge >= 0.3 is 0 Å². The Morgan fingerprint density at radius 1 is 0.812 bits per heavy atom. The number of aliphatic hydroxyl groups excluding tert-OH is 1. The summed E-state index contributed by atoms with van der Waals surface area (Å²) in [5.41, 5.74) is 0. The highest BCUT2D eigenvalue weighted by molar-refractivity contribution is 6.18. The zero-order valence-electron chi connectivity index (χ0n) is 11.4. The summed E-state index contributed by atoms with van der Waals surface area (Å²) in [7, 11) is 0. The van der Waals surface area contributed by atoms with Gasteiger partial charge in [-0.1, -0.05) is 27.7 Å². The van der Waals surface area contributed by atoms with Crippen LogP contribution in [0.1, 0.15) is 27.7 Å². The molecule has 0 unspecified atom stereocenters. The number of alkyl halides is 1. The molecule has 0 rings (SSSR count). The molecular weight excluding hydrogens is 224 g/mol. The van der Waals surface area contributed by atoms with E-state index in [2.05, 4.69) is 37.5 Å². The van der Waals surface area contributed by atoms with Gasteiger partial charge in [0.1, 0.15) is 0 Å². The molecular formula is C12H29ClN2O. The fourth-order valence-corrected chi connectivity index (χ4v) is 1.58. The maximum atomic E-state index is 8.46. The fraction of sp³-hybridized carbons (Fsp3) is 1.00. The number of nitrogens with zero attached hydrogens (tertiary/aromatic N) is 2. The van der Waals surface area contributed by atoms with Crippen molar-refractivity contribution in [3.63, 3.8) is 0 Å². The van der Waals surface area contributed by atoms with Crippen LogP contribution in [-0.4, -0.2) is 66.7 Å². The molecule has 0 radical (unpaired) electrons. The Hall–Kier alpha value is 0.170. The predicted molar refractivity (Wildman–Crippen MR) is 73.4 cm³/mol. The highest BCUT2D eigenvalue weighted by Crippen LogP contribution is 1.86. The molecule has 0 aromatic heterocycles. The van der Waals surface area contributed by atoms with Gasteiger partial charge in [-0.15, -0.1) is 11.6 Å². The number of halogens is 1. The summed E-state index contributed by atoms with van der Waals surface area (Å²) in [5, 5.41) is 8.46. The van der Waals surface area contributed by atoms with Gasteiger partial charge in [0, 0.05) is 19.0 Å². The molecule has 0 aliphatic carbocycles. The molecule has 0 spiro atoms. The van der Waals surface area contributed by atoms with E-state index in [9.17, 15) is 0 Å². The standard InChI is InChI=1S/C6H14ClN.C6H15NO/c1-3-8(4-2)6-5-7;1-3-7(4-2)5-6-8/h3-6H2,1-2H3;8H,3-6H2,1-2H3. The van der Waals surface area contributed by atoms with Crippen LogP contribution in [-0.2, 0) is 0 Å². The largest absolute Gasteiger partial charge is 0.395 e. The van der Waals surface area contributed by atoms with Crippen molar-refractivity contribution in [3.8, 4) is 0 Å². The zero-order chi connectivity index (χ0) is 12.8. The first-order valence-corrected chi connectivity index (χ1v) is 6.84. The van der Waals surface area contributed by atoms with Crippen LogP contribution in [0, 0.1) is 0 Å². The minimum atomic E-state index is 0.279. The van der Waals surface area contributed by atoms with Gasteiger partial charge in [-0.2, -0.15) is 0 Å². The van der Waals surface area contributed by atoms with Gasteiger partial charge in [0.15, 0.2) is 0 Å². The van der Waals surface area contributed by atoms with E-state index < -0.39 is 0 Å². The summed E-state index contributed by atoms with van der Waals surface area (Å²) in [6.07, 6.45) is 0. The summed E-state index contributed by atoms with van der Waals surface area (Å²) in [5.74, 6) is 0.752. The van der Waals surface area contributed by atoms with Gasteiger partial charge in [0.25, 0.3) is 0 Å². The lowest BCUT2D eigenvalue weighted by Crippen LogP contribution is -2.25. The van der Waals surface area contributed by atoms with Gasteiger partial charge < -0.3 is 14.9 Å². The Morgan fingerprint density at radius 2 is 1.19 bits per heavy atom. The van der Waals surface area contributed by atoms with Crippen molar-refractivity contribution >= 4 is 11.6 Å². The van der Waals surface area contributed by atoms with Gasteiger partial charge in [-0.3, -0.25) is 0 Å². The normalized spacial score (nSPS) is 10.5. The molecule has 100 valence electrons. The highest BCUT2D eigenvalue weighted by atomic mass is 35.5. The number of hydrogen-bond donors (Lipinski definition) is 1. The first kappa shape index (κ1) is 18.5. The van der Waals surface area contributed by atoms with E-state index in [0.29, 0.717) is 0 Å². The second kappa shape index (κ2) is 15.2. The first-order chi connectivity index (χ1) is 7.69. The Balaban J connectivity index is 0. The Kier molecular flexibility index (Phi) is 17.6. The smallest absolute Gasteiger partial charge is 0.0558 e. The molecule has 0 atom stereocenters. The third kappa shape index (κ3) is 12.2. The average molecular weight is 253 g/mol. The minimum absolute atomic E-state index is 0.279. The summed E-state index contributed by atoms with van der Waals surface area (Å²) in [6, 6.07) is 0. The molecule has 0 heterocycles. The third-order valence-corrected chi connectivity index (χ3v) is 2.77. The first-order valence-electron chi connectivity index (χ1n) is 6.31. The Bertz CT molecular complexity index is 104. The van der Waals surface area contributed by atoms with E-state index in [1.54, 1.807) is 0 Å².